The van der Waals surface area contributed by atoms with Crippen LogP contribution in [-0.4, -0.2) is 22.4 Å². The zero-order valence-electron chi connectivity index (χ0n) is 32.3. The van der Waals surface area contributed by atoms with Crippen molar-refractivity contribution in [3.8, 4) is 0 Å². The first-order valence-electron chi connectivity index (χ1n) is 21.6. The smallest absolute Gasteiger partial charge is 0.331 e. The molecule has 4 rings (SSSR count). The number of carboxylic acids is 1. The molecular formula is C44H79NO3. The summed E-state index contributed by atoms with van der Waals surface area (Å²) in [4.78, 5) is 26.0. The van der Waals surface area contributed by atoms with Crippen LogP contribution in [0.1, 0.15) is 214 Å². The van der Waals surface area contributed by atoms with Gasteiger partial charge in [0.2, 0.25) is 0 Å². The number of carbonyl (C=O) groups excluding carboxylic acids is 1. The van der Waals surface area contributed by atoms with Crippen molar-refractivity contribution in [3.63, 3.8) is 0 Å². The molecule has 0 aromatic heterocycles. The zero-order valence-corrected chi connectivity index (χ0v) is 32.3. The largest absolute Gasteiger partial charge is 0.480 e. The summed E-state index contributed by atoms with van der Waals surface area (Å²) in [5.74, 6) is 2.67. The second-order valence-corrected chi connectivity index (χ2v) is 18.4. The van der Waals surface area contributed by atoms with E-state index in [1.54, 1.807) is 0 Å². The lowest BCUT2D eigenvalue weighted by Crippen LogP contribution is -2.57. The highest BCUT2D eigenvalue weighted by molar-refractivity contribution is 6.07. The van der Waals surface area contributed by atoms with Gasteiger partial charge in [0.1, 0.15) is 0 Å². The van der Waals surface area contributed by atoms with Gasteiger partial charge in [-0.3, -0.25) is 4.79 Å². The van der Waals surface area contributed by atoms with E-state index in [1.165, 1.54) is 154 Å². The van der Waals surface area contributed by atoms with Crippen LogP contribution in [-0.2, 0) is 9.59 Å². The summed E-state index contributed by atoms with van der Waals surface area (Å²) < 4.78 is 0. The van der Waals surface area contributed by atoms with Crippen LogP contribution in [0, 0.1) is 46.3 Å². The topological polar surface area (TPSA) is 80.4 Å². The first kappa shape index (κ1) is 39.9. The lowest BCUT2D eigenvalue weighted by atomic mass is 9.44. The van der Waals surface area contributed by atoms with Gasteiger partial charge in [-0.1, -0.05) is 143 Å². The summed E-state index contributed by atoms with van der Waals surface area (Å²) in [6.45, 7) is 9.68. The van der Waals surface area contributed by atoms with Crippen molar-refractivity contribution in [2.75, 3.05) is 0 Å². The van der Waals surface area contributed by atoms with E-state index in [-0.39, 0.29) is 17.1 Å². The van der Waals surface area contributed by atoms with Crippen molar-refractivity contribution in [2.24, 2.45) is 52.1 Å². The highest BCUT2D eigenvalue weighted by atomic mass is 16.4. The number of carboxylic acid groups (broad SMARTS) is 1. The number of nitrogens with two attached hydrogens (primary N) is 1. The Morgan fingerprint density at radius 3 is 1.79 bits per heavy atom. The molecular weight excluding hydrogens is 590 g/mol. The Morgan fingerprint density at radius 2 is 1.23 bits per heavy atom. The standard InChI is InChI=1S/C44H79NO3/c1-5-6-7-8-9-10-11-12-13-14-15-16-17-18-19-20-21-25-40(46)44(45,41(47)48)33-34(2)37-28-29-38-36-27-26-35-24-22-23-31-42(35,3)39(36)30-32-43(37,38)4/h34-39H,5-33,45H2,1-4H3,(H,47,48)/t34?,35?,36-,37+,38-,39-,42-,43+,44?/m0/s1. The fourth-order valence-corrected chi connectivity index (χ4v) is 12.5. The average molecular weight is 670 g/mol. The number of ketones is 1. The predicted octanol–water partition coefficient (Wildman–Crippen LogP) is 12.5. The summed E-state index contributed by atoms with van der Waals surface area (Å²) in [7, 11) is 0. The summed E-state index contributed by atoms with van der Waals surface area (Å²) in [5, 5.41) is 10.3. The van der Waals surface area contributed by atoms with E-state index in [9.17, 15) is 14.7 Å². The normalized spacial score (nSPS) is 33.3. The zero-order chi connectivity index (χ0) is 34.6. The SMILES string of the molecule is CCCCCCCCCCCCCCCCCCCC(=O)C(N)(CC(C)[C@H]1CC[C@H]2[C@@H]3CCC4CCCC[C@]4(C)[C@H]3CC[C@]12C)C(=O)O. The second kappa shape index (κ2) is 19.1. The van der Waals surface area contributed by atoms with Gasteiger partial charge in [-0.2, -0.15) is 0 Å². The summed E-state index contributed by atoms with van der Waals surface area (Å²) in [5.41, 5.74) is 5.64. The molecule has 0 bridgehead atoms. The van der Waals surface area contributed by atoms with Crippen molar-refractivity contribution in [3.05, 3.63) is 0 Å². The number of rotatable bonds is 23. The molecule has 4 nitrogen and oxygen atoms in total. The Bertz CT molecular complexity index is 980. The van der Waals surface area contributed by atoms with Crippen LogP contribution in [0.15, 0.2) is 0 Å². The van der Waals surface area contributed by atoms with Gasteiger partial charge in [-0.15, -0.1) is 0 Å². The molecule has 48 heavy (non-hydrogen) atoms. The average Bonchev–Trinajstić information content (AvgIpc) is 3.43. The van der Waals surface area contributed by atoms with Crippen LogP contribution in [0.3, 0.4) is 0 Å². The van der Waals surface area contributed by atoms with E-state index < -0.39 is 11.5 Å². The van der Waals surface area contributed by atoms with E-state index in [1.807, 2.05) is 0 Å². The van der Waals surface area contributed by atoms with Crippen LogP contribution < -0.4 is 5.73 Å². The first-order chi connectivity index (χ1) is 23.1. The molecule has 278 valence electrons. The Kier molecular flexibility index (Phi) is 15.9. The molecule has 4 aliphatic rings. The van der Waals surface area contributed by atoms with Crippen LogP contribution >= 0.6 is 0 Å². The van der Waals surface area contributed by atoms with Gasteiger partial charge >= 0.3 is 5.97 Å². The van der Waals surface area contributed by atoms with Gasteiger partial charge in [0, 0.05) is 6.42 Å². The summed E-state index contributed by atoms with van der Waals surface area (Å²) in [6, 6.07) is 0. The van der Waals surface area contributed by atoms with Crippen LogP contribution in [0.5, 0.6) is 0 Å². The van der Waals surface area contributed by atoms with E-state index in [2.05, 4.69) is 27.7 Å². The lowest BCUT2D eigenvalue weighted by Gasteiger charge is -2.61. The fraction of sp³-hybridized carbons (Fsp3) is 0.955. The van der Waals surface area contributed by atoms with Gasteiger partial charge in [-0.25, -0.2) is 4.79 Å². The molecule has 3 N–H and O–H groups in total. The lowest BCUT2D eigenvalue weighted by molar-refractivity contribution is -0.150. The highest BCUT2D eigenvalue weighted by Gasteiger charge is 2.60. The van der Waals surface area contributed by atoms with Crippen molar-refractivity contribution < 1.29 is 14.7 Å². The molecule has 0 aliphatic heterocycles. The number of fused-ring (bicyclic) bond motifs is 5. The third kappa shape index (κ3) is 9.70. The van der Waals surface area contributed by atoms with E-state index in [0.717, 1.165) is 42.9 Å². The van der Waals surface area contributed by atoms with Crippen molar-refractivity contribution in [2.45, 2.75) is 219 Å². The maximum atomic E-state index is 13.4. The molecule has 0 saturated heterocycles. The fourth-order valence-electron chi connectivity index (χ4n) is 12.5. The minimum absolute atomic E-state index is 0.152. The maximum absolute atomic E-state index is 13.4. The number of unbranched alkanes of at least 4 members (excludes halogenated alkanes) is 16. The summed E-state index contributed by atoms with van der Waals surface area (Å²) in [6.07, 6.45) is 36.3. The van der Waals surface area contributed by atoms with E-state index in [4.69, 9.17) is 5.73 Å². The van der Waals surface area contributed by atoms with Gasteiger partial charge in [0.05, 0.1) is 0 Å². The van der Waals surface area contributed by atoms with Gasteiger partial charge in [-0.05, 0) is 111 Å². The molecule has 0 amide bonds. The molecule has 0 aromatic rings. The Labute approximate surface area is 297 Å². The molecule has 0 spiro atoms. The third-order valence-corrected chi connectivity index (χ3v) is 15.4. The van der Waals surface area contributed by atoms with E-state index in [0.29, 0.717) is 24.2 Å². The number of carbonyl (C=O) groups is 2. The van der Waals surface area contributed by atoms with Crippen molar-refractivity contribution >= 4 is 11.8 Å². The molecule has 0 heterocycles. The van der Waals surface area contributed by atoms with Crippen LogP contribution in [0.25, 0.3) is 0 Å². The molecule has 4 heteroatoms. The second-order valence-electron chi connectivity index (χ2n) is 18.4. The Hall–Kier alpha value is -0.900. The number of hydrogen-bond acceptors (Lipinski definition) is 3. The van der Waals surface area contributed by atoms with Crippen molar-refractivity contribution in [1.82, 2.24) is 0 Å². The van der Waals surface area contributed by atoms with E-state index >= 15 is 0 Å². The van der Waals surface area contributed by atoms with Gasteiger partial charge < -0.3 is 10.8 Å². The minimum atomic E-state index is -1.74. The minimum Gasteiger partial charge on any atom is -0.480 e. The predicted molar refractivity (Wildman–Crippen MR) is 202 cm³/mol. The van der Waals surface area contributed by atoms with Crippen LogP contribution in [0.4, 0.5) is 0 Å². The number of hydrogen-bond donors (Lipinski definition) is 2. The number of aliphatic carboxylic acids is 1. The first-order valence-corrected chi connectivity index (χ1v) is 21.6. The molecule has 4 saturated carbocycles. The monoisotopic (exact) mass is 670 g/mol. The Morgan fingerprint density at radius 1 is 0.688 bits per heavy atom. The molecule has 0 aromatic carbocycles. The number of Topliss-reactive ketones (excluding diaryl/α,β-unsaturated/α-hetero) is 1. The molecule has 4 fully saturated rings. The molecule has 3 unspecified atom stereocenters. The molecule has 9 atom stereocenters. The van der Waals surface area contributed by atoms with Crippen LogP contribution in [0.2, 0.25) is 0 Å². The quantitative estimate of drug-likeness (QED) is 0.0838. The van der Waals surface area contributed by atoms with Gasteiger partial charge in [0.25, 0.3) is 0 Å². The Balaban J connectivity index is 1.13. The van der Waals surface area contributed by atoms with Gasteiger partial charge in [0.15, 0.2) is 11.3 Å². The molecule has 0 radical (unpaired) electrons. The third-order valence-electron chi connectivity index (χ3n) is 15.4. The molecule has 4 aliphatic carbocycles. The highest BCUT2D eigenvalue weighted by Crippen LogP contribution is 2.68. The maximum Gasteiger partial charge on any atom is 0.331 e. The summed E-state index contributed by atoms with van der Waals surface area (Å²) >= 11 is 0. The van der Waals surface area contributed by atoms with Crippen molar-refractivity contribution in [1.29, 1.82) is 0 Å².